The van der Waals surface area contributed by atoms with E-state index in [2.05, 4.69) is 20.9 Å². The van der Waals surface area contributed by atoms with Crippen molar-refractivity contribution in [3.8, 4) is 5.75 Å². The molecule has 1 fully saturated rings. The van der Waals surface area contributed by atoms with Crippen molar-refractivity contribution in [3.05, 3.63) is 54.2 Å². The van der Waals surface area contributed by atoms with Crippen LogP contribution in [0, 0.1) is 0 Å². The lowest BCUT2D eigenvalue weighted by Gasteiger charge is -2.15. The third kappa shape index (κ3) is 4.64. The Balaban J connectivity index is 1.44. The summed E-state index contributed by atoms with van der Waals surface area (Å²) in [6.07, 6.45) is 2.12. The molecule has 2 heterocycles. The van der Waals surface area contributed by atoms with Crippen molar-refractivity contribution < 1.29 is 23.9 Å². The zero-order valence-electron chi connectivity index (χ0n) is 18.1. The van der Waals surface area contributed by atoms with E-state index < -0.39 is 30.4 Å². The lowest BCUT2D eigenvalue weighted by Crippen LogP contribution is -2.38. The van der Waals surface area contributed by atoms with E-state index in [1.165, 1.54) is 20.1 Å². The lowest BCUT2D eigenvalue weighted by atomic mass is 10.1. The number of hydrogen-bond donors (Lipinski definition) is 4. The van der Waals surface area contributed by atoms with Crippen LogP contribution in [0.15, 0.2) is 48.7 Å². The van der Waals surface area contributed by atoms with E-state index in [4.69, 9.17) is 4.74 Å². The number of H-pyrrole nitrogens is 1. The molecular formula is C23H23N5O5. The van der Waals surface area contributed by atoms with Crippen LogP contribution in [0.25, 0.3) is 10.9 Å². The number of para-hydroxylation sites is 1. The maximum absolute atomic E-state index is 12.8. The molecule has 0 saturated carbocycles. The molecule has 1 aliphatic rings. The summed E-state index contributed by atoms with van der Waals surface area (Å²) in [5, 5.41) is 8.88. The van der Waals surface area contributed by atoms with Gasteiger partial charge in [0.15, 0.2) is 0 Å². The number of aromatic amines is 1. The summed E-state index contributed by atoms with van der Waals surface area (Å²) in [5.41, 5.74) is 2.61. The second kappa shape index (κ2) is 9.03. The predicted octanol–water partition coefficient (Wildman–Crippen LogP) is 2.24. The van der Waals surface area contributed by atoms with Gasteiger partial charge in [-0.3, -0.25) is 19.3 Å². The number of fused-ring (bicyclic) bond motifs is 1. The highest BCUT2D eigenvalue weighted by Gasteiger charge is 2.39. The average Bonchev–Trinajstić information content (AvgIpc) is 3.30. The summed E-state index contributed by atoms with van der Waals surface area (Å²) in [4.78, 5) is 53.2. The van der Waals surface area contributed by atoms with Crippen LogP contribution < -0.4 is 20.7 Å². The molecule has 10 heteroatoms. The number of carbonyl (C=O) groups excluding carboxylic acids is 4. The minimum absolute atomic E-state index is 0.266. The molecule has 3 aromatic rings. The topological polar surface area (TPSA) is 133 Å². The standard InChI is InChI=1S/C23H23N5O5/c1-13(29)25-15-7-8-20(33-2)18(10-15)26-21(30)12-28-22(31)19(27-23(28)32)9-14-11-24-17-6-4-3-5-16(14)17/h3-8,10-11,19,24H,9,12H2,1-2H3,(H,25,29)(H,26,30)(H,27,32). The number of rotatable bonds is 7. The monoisotopic (exact) mass is 449 g/mol. The molecule has 170 valence electrons. The van der Waals surface area contributed by atoms with Gasteiger partial charge in [0, 0.05) is 36.1 Å². The summed E-state index contributed by atoms with van der Waals surface area (Å²) < 4.78 is 5.24. The maximum atomic E-state index is 12.8. The Morgan fingerprint density at radius 2 is 1.91 bits per heavy atom. The zero-order valence-corrected chi connectivity index (χ0v) is 18.1. The number of hydrogen-bond acceptors (Lipinski definition) is 5. The van der Waals surface area contributed by atoms with Crippen molar-refractivity contribution >= 4 is 46.0 Å². The number of ether oxygens (including phenoxy) is 1. The number of imide groups is 1. The van der Waals surface area contributed by atoms with Crippen molar-refractivity contribution in [2.75, 3.05) is 24.3 Å². The molecule has 1 aromatic heterocycles. The van der Waals surface area contributed by atoms with Crippen LogP contribution in [0.2, 0.25) is 0 Å². The zero-order chi connectivity index (χ0) is 23.5. The number of aromatic nitrogens is 1. The normalized spacial score (nSPS) is 15.5. The number of anilines is 2. The van der Waals surface area contributed by atoms with Gasteiger partial charge < -0.3 is 25.7 Å². The van der Waals surface area contributed by atoms with E-state index in [0.717, 1.165) is 21.4 Å². The van der Waals surface area contributed by atoms with Gasteiger partial charge in [0.1, 0.15) is 18.3 Å². The Bertz CT molecular complexity index is 1250. The summed E-state index contributed by atoms with van der Waals surface area (Å²) in [6, 6.07) is 11.0. The summed E-state index contributed by atoms with van der Waals surface area (Å²) in [5.74, 6) is -0.950. The Labute approximate surface area is 189 Å². The quantitative estimate of drug-likeness (QED) is 0.411. The molecule has 1 atom stereocenters. The molecule has 1 aliphatic heterocycles. The van der Waals surface area contributed by atoms with Crippen LogP contribution in [0.5, 0.6) is 5.75 Å². The highest BCUT2D eigenvalue weighted by Crippen LogP contribution is 2.28. The molecule has 1 unspecified atom stereocenters. The Morgan fingerprint density at radius 1 is 1.12 bits per heavy atom. The minimum atomic E-state index is -0.762. The molecule has 0 bridgehead atoms. The van der Waals surface area contributed by atoms with Crippen molar-refractivity contribution in [1.82, 2.24) is 15.2 Å². The number of amides is 5. The van der Waals surface area contributed by atoms with Gasteiger partial charge in [-0.2, -0.15) is 0 Å². The highest BCUT2D eigenvalue weighted by molar-refractivity contribution is 6.08. The molecule has 4 rings (SSSR count). The summed E-state index contributed by atoms with van der Waals surface area (Å²) >= 11 is 0. The highest BCUT2D eigenvalue weighted by atomic mass is 16.5. The molecular weight excluding hydrogens is 426 g/mol. The van der Waals surface area contributed by atoms with Crippen LogP contribution >= 0.6 is 0 Å². The molecule has 0 radical (unpaired) electrons. The van der Waals surface area contributed by atoms with Crippen LogP contribution in [0.3, 0.4) is 0 Å². The van der Waals surface area contributed by atoms with E-state index in [0.29, 0.717) is 23.5 Å². The predicted molar refractivity (Wildman–Crippen MR) is 122 cm³/mol. The van der Waals surface area contributed by atoms with E-state index in [1.807, 2.05) is 30.5 Å². The number of urea groups is 1. The van der Waals surface area contributed by atoms with Gasteiger partial charge in [-0.25, -0.2) is 4.79 Å². The molecule has 1 saturated heterocycles. The van der Waals surface area contributed by atoms with Gasteiger partial charge in [0.05, 0.1) is 12.8 Å². The van der Waals surface area contributed by atoms with E-state index in [1.54, 1.807) is 12.1 Å². The fourth-order valence-corrected chi connectivity index (χ4v) is 3.81. The average molecular weight is 449 g/mol. The third-order valence-electron chi connectivity index (χ3n) is 5.30. The van der Waals surface area contributed by atoms with E-state index in [9.17, 15) is 19.2 Å². The molecule has 4 N–H and O–H groups in total. The Morgan fingerprint density at radius 3 is 2.67 bits per heavy atom. The first kappa shape index (κ1) is 21.9. The van der Waals surface area contributed by atoms with Gasteiger partial charge in [-0.15, -0.1) is 0 Å². The molecule has 0 aliphatic carbocycles. The smallest absolute Gasteiger partial charge is 0.325 e. The van der Waals surface area contributed by atoms with Gasteiger partial charge >= 0.3 is 6.03 Å². The summed E-state index contributed by atoms with van der Waals surface area (Å²) in [6.45, 7) is 0.912. The largest absolute Gasteiger partial charge is 0.495 e. The van der Waals surface area contributed by atoms with Gasteiger partial charge in [0.2, 0.25) is 11.8 Å². The van der Waals surface area contributed by atoms with Crippen LogP contribution in [-0.2, 0) is 20.8 Å². The van der Waals surface area contributed by atoms with E-state index >= 15 is 0 Å². The van der Waals surface area contributed by atoms with Gasteiger partial charge in [-0.1, -0.05) is 18.2 Å². The number of methoxy groups -OCH3 is 1. The van der Waals surface area contributed by atoms with Gasteiger partial charge in [0.25, 0.3) is 5.91 Å². The van der Waals surface area contributed by atoms with Crippen LogP contribution in [0.1, 0.15) is 12.5 Å². The van der Waals surface area contributed by atoms with Crippen LogP contribution in [-0.4, -0.2) is 53.3 Å². The third-order valence-corrected chi connectivity index (χ3v) is 5.30. The first-order valence-corrected chi connectivity index (χ1v) is 10.3. The van der Waals surface area contributed by atoms with E-state index in [-0.39, 0.29) is 5.91 Å². The number of nitrogens with one attached hydrogen (secondary N) is 4. The molecule has 5 amide bonds. The number of nitrogens with zero attached hydrogens (tertiary/aromatic N) is 1. The van der Waals surface area contributed by atoms with Crippen molar-refractivity contribution in [2.24, 2.45) is 0 Å². The van der Waals surface area contributed by atoms with Gasteiger partial charge in [-0.05, 0) is 29.8 Å². The fourth-order valence-electron chi connectivity index (χ4n) is 3.81. The second-order valence-electron chi connectivity index (χ2n) is 7.63. The lowest BCUT2D eigenvalue weighted by molar-refractivity contribution is -0.130. The van der Waals surface area contributed by atoms with Crippen molar-refractivity contribution in [1.29, 1.82) is 0 Å². The molecule has 10 nitrogen and oxygen atoms in total. The fraction of sp³-hybridized carbons (Fsp3) is 0.217. The van der Waals surface area contributed by atoms with Crippen molar-refractivity contribution in [3.63, 3.8) is 0 Å². The van der Waals surface area contributed by atoms with Crippen LogP contribution in [0.4, 0.5) is 16.2 Å². The Kier molecular flexibility index (Phi) is 5.99. The second-order valence-corrected chi connectivity index (χ2v) is 7.63. The first-order valence-electron chi connectivity index (χ1n) is 10.3. The molecule has 0 spiro atoms. The maximum Gasteiger partial charge on any atom is 0.325 e. The Hall–Kier alpha value is -4.34. The van der Waals surface area contributed by atoms with Crippen molar-refractivity contribution in [2.45, 2.75) is 19.4 Å². The SMILES string of the molecule is COc1ccc(NC(C)=O)cc1NC(=O)CN1C(=O)NC(Cc2c[nH]c3ccccc23)C1=O. The summed E-state index contributed by atoms with van der Waals surface area (Å²) in [7, 11) is 1.44. The number of carbonyl (C=O) groups is 4. The first-order chi connectivity index (χ1) is 15.9. The molecule has 33 heavy (non-hydrogen) atoms. The number of benzene rings is 2. The molecule has 2 aromatic carbocycles. The minimum Gasteiger partial charge on any atom is -0.495 e.